The minimum absolute atomic E-state index is 0.000877. The Kier molecular flexibility index (Phi) is 4.97. The van der Waals surface area contributed by atoms with E-state index in [1.807, 2.05) is 18.2 Å². The van der Waals surface area contributed by atoms with Gasteiger partial charge in [-0.25, -0.2) is 0 Å². The van der Waals surface area contributed by atoms with Crippen LogP contribution in [0.4, 0.5) is 5.69 Å². The van der Waals surface area contributed by atoms with Gasteiger partial charge in [0.25, 0.3) is 0 Å². The molecule has 0 aromatic heterocycles. The Morgan fingerprint density at radius 1 is 1.47 bits per heavy atom. The van der Waals surface area contributed by atoms with Gasteiger partial charge in [0, 0.05) is 20.0 Å². The summed E-state index contributed by atoms with van der Waals surface area (Å²) in [6.07, 6.45) is 1.27. The minimum Gasteiger partial charge on any atom is -0.495 e. The Morgan fingerprint density at radius 2 is 2.18 bits per heavy atom. The largest absolute Gasteiger partial charge is 0.495 e. The number of anilines is 1. The number of hydrogen-bond donors (Lipinski definition) is 1. The molecule has 0 saturated carbocycles. The summed E-state index contributed by atoms with van der Waals surface area (Å²) in [6, 6.07) is 5.87. The summed E-state index contributed by atoms with van der Waals surface area (Å²) in [5, 5.41) is 0. The molecule has 0 aliphatic rings. The average Bonchev–Trinajstić information content (AvgIpc) is 2.37. The second-order valence-electron chi connectivity index (χ2n) is 3.85. The number of methoxy groups -OCH3 is 1. The number of nitrogens with two attached hydrogens (primary N) is 1. The Morgan fingerprint density at radius 3 is 2.71 bits per heavy atom. The molecule has 17 heavy (non-hydrogen) atoms. The van der Waals surface area contributed by atoms with Crippen LogP contribution < -0.4 is 15.4 Å². The fourth-order valence-electron chi connectivity index (χ4n) is 1.64. The van der Waals surface area contributed by atoms with Crippen LogP contribution in [0.15, 0.2) is 18.2 Å². The molecule has 0 unspecified atom stereocenters. The van der Waals surface area contributed by atoms with Crippen molar-refractivity contribution in [2.75, 3.05) is 25.6 Å². The van der Waals surface area contributed by atoms with Crippen LogP contribution in [-0.4, -0.2) is 26.6 Å². The first-order chi connectivity index (χ1) is 8.13. The summed E-state index contributed by atoms with van der Waals surface area (Å²) in [5.74, 6) is 0.703. The van der Waals surface area contributed by atoms with E-state index in [0.29, 0.717) is 18.7 Å². The zero-order chi connectivity index (χ0) is 12.8. The van der Waals surface area contributed by atoms with Gasteiger partial charge in [-0.05, 0) is 24.1 Å². The van der Waals surface area contributed by atoms with Gasteiger partial charge in [0.1, 0.15) is 5.75 Å². The number of amides is 1. The van der Waals surface area contributed by atoms with E-state index in [2.05, 4.69) is 6.92 Å². The molecule has 0 fully saturated rings. The van der Waals surface area contributed by atoms with E-state index in [4.69, 9.17) is 10.5 Å². The van der Waals surface area contributed by atoms with E-state index >= 15 is 0 Å². The number of nitrogens with zero attached hydrogens (tertiary/aromatic N) is 1. The monoisotopic (exact) mass is 236 g/mol. The van der Waals surface area contributed by atoms with Crippen LogP contribution in [0.1, 0.15) is 18.9 Å². The van der Waals surface area contributed by atoms with Crippen LogP contribution in [0, 0.1) is 0 Å². The maximum absolute atomic E-state index is 11.8. The maximum Gasteiger partial charge on any atom is 0.228 e. The molecule has 4 nitrogen and oxygen atoms in total. The smallest absolute Gasteiger partial charge is 0.228 e. The van der Waals surface area contributed by atoms with E-state index in [1.54, 1.807) is 19.1 Å². The molecule has 4 heteroatoms. The van der Waals surface area contributed by atoms with E-state index in [9.17, 15) is 4.79 Å². The third kappa shape index (κ3) is 3.20. The second-order valence-corrected chi connectivity index (χ2v) is 3.85. The van der Waals surface area contributed by atoms with Crippen LogP contribution in [0.5, 0.6) is 5.75 Å². The Hall–Kier alpha value is -1.55. The van der Waals surface area contributed by atoms with Crippen LogP contribution in [0.3, 0.4) is 0 Å². The summed E-state index contributed by atoms with van der Waals surface area (Å²) in [4.78, 5) is 13.4. The standard InChI is InChI=1S/C13H20N2O2/c1-4-10-5-6-12(17-3)11(9-10)15(2)13(16)7-8-14/h5-6,9H,4,7-8,14H2,1-3H3. The molecule has 1 amide bonds. The van der Waals surface area contributed by atoms with Crippen molar-refractivity contribution in [3.05, 3.63) is 23.8 Å². The van der Waals surface area contributed by atoms with Crippen molar-refractivity contribution in [3.63, 3.8) is 0 Å². The van der Waals surface area contributed by atoms with Crippen LogP contribution in [0.25, 0.3) is 0 Å². The molecule has 94 valence electrons. The van der Waals surface area contributed by atoms with Crippen molar-refractivity contribution >= 4 is 11.6 Å². The number of carbonyl (C=O) groups is 1. The number of ether oxygens (including phenoxy) is 1. The summed E-state index contributed by atoms with van der Waals surface area (Å²) >= 11 is 0. The number of aryl methyl sites for hydroxylation is 1. The van der Waals surface area contributed by atoms with E-state index in [1.165, 1.54) is 5.56 Å². The molecule has 0 bridgehead atoms. The predicted octanol–water partition coefficient (Wildman–Crippen LogP) is 1.57. The van der Waals surface area contributed by atoms with E-state index in [0.717, 1.165) is 12.1 Å². The van der Waals surface area contributed by atoms with Gasteiger partial charge in [0.15, 0.2) is 0 Å². The van der Waals surface area contributed by atoms with Crippen molar-refractivity contribution in [2.45, 2.75) is 19.8 Å². The fraction of sp³-hybridized carbons (Fsp3) is 0.462. The van der Waals surface area contributed by atoms with Crippen molar-refractivity contribution < 1.29 is 9.53 Å². The molecule has 0 spiro atoms. The van der Waals surface area contributed by atoms with Gasteiger partial charge in [-0.15, -0.1) is 0 Å². The average molecular weight is 236 g/mol. The first kappa shape index (κ1) is 13.5. The molecular weight excluding hydrogens is 216 g/mol. The SMILES string of the molecule is CCc1ccc(OC)c(N(C)C(=O)CCN)c1. The van der Waals surface area contributed by atoms with Gasteiger partial charge in [-0.1, -0.05) is 13.0 Å². The number of rotatable bonds is 5. The number of benzene rings is 1. The third-order valence-corrected chi connectivity index (χ3v) is 2.75. The first-order valence-electron chi connectivity index (χ1n) is 5.77. The van der Waals surface area contributed by atoms with E-state index < -0.39 is 0 Å². The lowest BCUT2D eigenvalue weighted by atomic mass is 10.1. The molecule has 0 radical (unpaired) electrons. The molecule has 1 aromatic rings. The number of hydrogen-bond acceptors (Lipinski definition) is 3. The lowest BCUT2D eigenvalue weighted by Gasteiger charge is -2.20. The quantitative estimate of drug-likeness (QED) is 0.844. The zero-order valence-electron chi connectivity index (χ0n) is 10.7. The normalized spacial score (nSPS) is 10.1. The molecule has 2 N–H and O–H groups in total. The van der Waals surface area contributed by atoms with Crippen LogP contribution in [0.2, 0.25) is 0 Å². The van der Waals surface area contributed by atoms with Crippen molar-refractivity contribution in [1.29, 1.82) is 0 Å². The summed E-state index contributed by atoms with van der Waals surface area (Å²) in [5.41, 5.74) is 7.36. The molecule has 0 saturated heterocycles. The van der Waals surface area contributed by atoms with Crippen LogP contribution >= 0.6 is 0 Å². The van der Waals surface area contributed by atoms with Gasteiger partial charge < -0.3 is 15.4 Å². The zero-order valence-corrected chi connectivity index (χ0v) is 10.7. The molecule has 0 atom stereocenters. The van der Waals surface area contributed by atoms with Gasteiger partial charge >= 0.3 is 0 Å². The predicted molar refractivity (Wildman–Crippen MR) is 69.5 cm³/mol. The maximum atomic E-state index is 11.8. The molecular formula is C13H20N2O2. The lowest BCUT2D eigenvalue weighted by Crippen LogP contribution is -2.28. The topological polar surface area (TPSA) is 55.6 Å². The van der Waals surface area contributed by atoms with Crippen molar-refractivity contribution in [3.8, 4) is 5.75 Å². The van der Waals surface area contributed by atoms with Gasteiger partial charge in [-0.3, -0.25) is 4.79 Å². The third-order valence-electron chi connectivity index (χ3n) is 2.75. The minimum atomic E-state index is -0.000877. The first-order valence-corrected chi connectivity index (χ1v) is 5.77. The highest BCUT2D eigenvalue weighted by molar-refractivity contribution is 5.94. The summed E-state index contributed by atoms with van der Waals surface area (Å²) in [6.45, 7) is 2.44. The lowest BCUT2D eigenvalue weighted by molar-refractivity contribution is -0.118. The highest BCUT2D eigenvalue weighted by atomic mass is 16.5. The van der Waals surface area contributed by atoms with Crippen molar-refractivity contribution in [2.24, 2.45) is 5.73 Å². The molecule has 1 aromatic carbocycles. The highest BCUT2D eigenvalue weighted by Crippen LogP contribution is 2.29. The van der Waals surface area contributed by atoms with E-state index in [-0.39, 0.29) is 5.91 Å². The molecule has 1 rings (SSSR count). The molecule has 0 aliphatic heterocycles. The Balaban J connectivity index is 3.04. The van der Waals surface area contributed by atoms with Gasteiger partial charge in [-0.2, -0.15) is 0 Å². The second kappa shape index (κ2) is 6.25. The van der Waals surface area contributed by atoms with Crippen LogP contribution in [-0.2, 0) is 11.2 Å². The Labute approximate surface area is 102 Å². The van der Waals surface area contributed by atoms with Gasteiger partial charge in [0.05, 0.1) is 12.8 Å². The molecule has 0 aliphatic carbocycles. The highest BCUT2D eigenvalue weighted by Gasteiger charge is 2.14. The number of carbonyl (C=O) groups excluding carboxylic acids is 1. The summed E-state index contributed by atoms with van der Waals surface area (Å²) in [7, 11) is 3.35. The van der Waals surface area contributed by atoms with Gasteiger partial charge in [0.2, 0.25) is 5.91 Å². The Bertz CT molecular complexity index is 391. The molecule has 0 heterocycles. The fourth-order valence-corrected chi connectivity index (χ4v) is 1.64. The summed E-state index contributed by atoms with van der Waals surface area (Å²) < 4.78 is 5.27. The van der Waals surface area contributed by atoms with Crippen molar-refractivity contribution in [1.82, 2.24) is 0 Å².